The smallest absolute Gasteiger partial charge is 0.191 e. The Morgan fingerprint density at radius 1 is 1.38 bits per heavy atom. The normalized spacial score (nSPS) is 31.4. The van der Waals surface area contributed by atoms with E-state index in [4.69, 9.17) is 4.74 Å². The molecular weight excluding hydrogens is 326 g/mol. The number of aliphatic imine (C=N–C) groups is 1. The SMILES string of the molecule is C=CCNC(=NCC1CCS(=O)(=O)C1)NC1CCOC2(CCC2)C1. The van der Waals surface area contributed by atoms with Gasteiger partial charge in [0.1, 0.15) is 0 Å². The monoisotopic (exact) mass is 355 g/mol. The Labute approximate surface area is 145 Å². The summed E-state index contributed by atoms with van der Waals surface area (Å²) in [6.45, 7) is 5.73. The van der Waals surface area contributed by atoms with Crippen LogP contribution in [0, 0.1) is 5.92 Å². The van der Waals surface area contributed by atoms with Gasteiger partial charge in [-0.25, -0.2) is 8.42 Å². The summed E-state index contributed by atoms with van der Waals surface area (Å²) in [5.74, 6) is 1.48. The molecule has 24 heavy (non-hydrogen) atoms. The number of nitrogens with one attached hydrogen (secondary N) is 2. The molecule has 2 heterocycles. The zero-order valence-electron chi connectivity index (χ0n) is 14.3. The predicted molar refractivity (Wildman–Crippen MR) is 96.0 cm³/mol. The van der Waals surface area contributed by atoms with E-state index in [0.717, 1.165) is 44.7 Å². The van der Waals surface area contributed by atoms with E-state index < -0.39 is 9.84 Å². The first-order valence-electron chi connectivity index (χ1n) is 9.00. The highest BCUT2D eigenvalue weighted by atomic mass is 32.2. The van der Waals surface area contributed by atoms with E-state index in [1.54, 1.807) is 6.08 Å². The molecule has 2 N–H and O–H groups in total. The number of hydrogen-bond acceptors (Lipinski definition) is 4. The molecule has 0 radical (unpaired) electrons. The van der Waals surface area contributed by atoms with Gasteiger partial charge >= 0.3 is 0 Å². The van der Waals surface area contributed by atoms with Crippen LogP contribution in [0.15, 0.2) is 17.6 Å². The number of nitrogens with zero attached hydrogens (tertiary/aromatic N) is 1. The van der Waals surface area contributed by atoms with E-state index in [0.29, 0.717) is 24.9 Å². The van der Waals surface area contributed by atoms with Gasteiger partial charge in [0.15, 0.2) is 15.8 Å². The van der Waals surface area contributed by atoms with Crippen LogP contribution in [0.1, 0.15) is 38.5 Å². The molecule has 0 bridgehead atoms. The second kappa shape index (κ2) is 7.44. The average Bonchev–Trinajstić information content (AvgIpc) is 2.88. The second-order valence-corrected chi connectivity index (χ2v) is 9.58. The molecule has 2 atom stereocenters. The van der Waals surface area contributed by atoms with Gasteiger partial charge in [-0.1, -0.05) is 6.08 Å². The number of guanidine groups is 1. The third kappa shape index (κ3) is 4.51. The molecule has 2 unspecified atom stereocenters. The molecule has 2 saturated heterocycles. The number of rotatable bonds is 5. The third-order valence-corrected chi connectivity index (χ3v) is 7.18. The van der Waals surface area contributed by atoms with Gasteiger partial charge in [0.05, 0.1) is 17.1 Å². The van der Waals surface area contributed by atoms with Crippen molar-refractivity contribution in [3.8, 4) is 0 Å². The van der Waals surface area contributed by atoms with Crippen LogP contribution >= 0.6 is 0 Å². The first-order chi connectivity index (χ1) is 11.5. The van der Waals surface area contributed by atoms with Crippen LogP contribution in [-0.4, -0.2) is 57.2 Å². The highest BCUT2D eigenvalue weighted by Crippen LogP contribution is 2.42. The average molecular weight is 356 g/mol. The van der Waals surface area contributed by atoms with E-state index in [1.165, 1.54) is 6.42 Å². The minimum Gasteiger partial charge on any atom is -0.375 e. The quantitative estimate of drug-likeness (QED) is 0.441. The Balaban J connectivity index is 1.56. The standard InChI is InChI=1S/C17H29N3O3S/c1-2-8-18-16(19-12-14-5-10-24(21,22)13-14)20-15-4-9-23-17(11-15)6-3-7-17/h2,14-15H,1,3-13H2,(H2,18,19,20). The lowest BCUT2D eigenvalue weighted by atomic mass is 9.74. The summed E-state index contributed by atoms with van der Waals surface area (Å²) < 4.78 is 29.1. The molecular formula is C17H29N3O3S. The summed E-state index contributed by atoms with van der Waals surface area (Å²) in [4.78, 5) is 4.64. The zero-order chi connectivity index (χ0) is 17.0. The highest BCUT2D eigenvalue weighted by molar-refractivity contribution is 7.91. The highest BCUT2D eigenvalue weighted by Gasteiger charge is 2.42. The maximum absolute atomic E-state index is 11.6. The van der Waals surface area contributed by atoms with Gasteiger partial charge in [-0.3, -0.25) is 4.99 Å². The van der Waals surface area contributed by atoms with Gasteiger partial charge in [-0.05, 0) is 44.4 Å². The molecule has 7 heteroatoms. The molecule has 3 rings (SSSR count). The van der Waals surface area contributed by atoms with Crippen molar-refractivity contribution in [2.24, 2.45) is 10.9 Å². The molecule has 136 valence electrons. The van der Waals surface area contributed by atoms with E-state index in [9.17, 15) is 8.42 Å². The first-order valence-corrected chi connectivity index (χ1v) is 10.8. The molecule has 0 aromatic rings. The van der Waals surface area contributed by atoms with Crippen LogP contribution in [0.2, 0.25) is 0 Å². The summed E-state index contributed by atoms with van der Waals surface area (Å²) in [5, 5.41) is 6.78. The van der Waals surface area contributed by atoms with Crippen LogP contribution in [0.4, 0.5) is 0 Å². The lowest BCUT2D eigenvalue weighted by Gasteiger charge is -2.47. The fourth-order valence-electron chi connectivity index (χ4n) is 3.82. The maximum atomic E-state index is 11.6. The van der Waals surface area contributed by atoms with Crippen LogP contribution in [0.25, 0.3) is 0 Å². The largest absolute Gasteiger partial charge is 0.375 e. The molecule has 0 aromatic carbocycles. The third-order valence-electron chi connectivity index (χ3n) is 5.35. The molecule has 1 spiro atoms. The van der Waals surface area contributed by atoms with Crippen molar-refractivity contribution < 1.29 is 13.2 Å². The Hall–Kier alpha value is -1.08. The van der Waals surface area contributed by atoms with Crippen LogP contribution in [-0.2, 0) is 14.6 Å². The van der Waals surface area contributed by atoms with E-state index in [1.807, 2.05) is 0 Å². The van der Waals surface area contributed by atoms with E-state index >= 15 is 0 Å². The van der Waals surface area contributed by atoms with Gasteiger partial charge in [-0.2, -0.15) is 0 Å². The Morgan fingerprint density at radius 2 is 2.21 bits per heavy atom. The zero-order valence-corrected chi connectivity index (χ0v) is 15.1. The van der Waals surface area contributed by atoms with Gasteiger partial charge in [0, 0.05) is 25.7 Å². The minimum absolute atomic E-state index is 0.0962. The molecule has 0 aromatic heterocycles. The molecule has 0 amide bonds. The topological polar surface area (TPSA) is 79.8 Å². The summed E-state index contributed by atoms with van der Waals surface area (Å²) in [6.07, 6.45) is 8.12. The Morgan fingerprint density at radius 3 is 2.83 bits per heavy atom. The summed E-state index contributed by atoms with van der Waals surface area (Å²) in [6, 6.07) is 0.363. The molecule has 1 aliphatic carbocycles. The number of hydrogen-bond donors (Lipinski definition) is 2. The molecule has 2 aliphatic heterocycles. The summed E-state index contributed by atoms with van der Waals surface area (Å²) >= 11 is 0. The van der Waals surface area contributed by atoms with Crippen molar-refractivity contribution in [1.29, 1.82) is 0 Å². The Kier molecular flexibility index (Phi) is 5.49. The molecule has 6 nitrogen and oxygen atoms in total. The second-order valence-electron chi connectivity index (χ2n) is 7.35. The van der Waals surface area contributed by atoms with Crippen LogP contribution < -0.4 is 10.6 Å². The van der Waals surface area contributed by atoms with Crippen molar-refractivity contribution in [2.45, 2.75) is 50.2 Å². The van der Waals surface area contributed by atoms with Gasteiger partial charge < -0.3 is 15.4 Å². The van der Waals surface area contributed by atoms with Crippen molar-refractivity contribution in [2.75, 3.05) is 31.2 Å². The molecule has 3 aliphatic rings. The predicted octanol–water partition coefficient (Wildman–Crippen LogP) is 1.24. The maximum Gasteiger partial charge on any atom is 0.191 e. The lowest BCUT2D eigenvalue weighted by Crippen LogP contribution is -2.54. The van der Waals surface area contributed by atoms with Crippen LogP contribution in [0.3, 0.4) is 0 Å². The molecule has 3 fully saturated rings. The number of sulfone groups is 1. The lowest BCUT2D eigenvalue weighted by molar-refractivity contribution is -0.134. The van der Waals surface area contributed by atoms with Crippen molar-refractivity contribution in [3.05, 3.63) is 12.7 Å². The Bertz CT molecular complexity index is 584. The fraction of sp³-hybridized carbons (Fsp3) is 0.824. The van der Waals surface area contributed by atoms with Gasteiger partial charge in [-0.15, -0.1) is 6.58 Å². The summed E-state index contributed by atoms with van der Waals surface area (Å²) in [7, 11) is -2.84. The summed E-state index contributed by atoms with van der Waals surface area (Å²) in [5.41, 5.74) is 0.0962. The van der Waals surface area contributed by atoms with E-state index in [-0.39, 0.29) is 17.3 Å². The number of ether oxygens (including phenoxy) is 1. The van der Waals surface area contributed by atoms with Crippen molar-refractivity contribution in [3.63, 3.8) is 0 Å². The van der Waals surface area contributed by atoms with E-state index in [2.05, 4.69) is 22.2 Å². The molecule has 1 saturated carbocycles. The van der Waals surface area contributed by atoms with Crippen molar-refractivity contribution >= 4 is 15.8 Å². The first kappa shape index (κ1) is 17.7. The fourth-order valence-corrected chi connectivity index (χ4v) is 5.67. The van der Waals surface area contributed by atoms with Gasteiger partial charge in [0.2, 0.25) is 0 Å². The minimum atomic E-state index is -2.84. The van der Waals surface area contributed by atoms with Crippen LogP contribution in [0.5, 0.6) is 0 Å². The van der Waals surface area contributed by atoms with Crippen molar-refractivity contribution in [1.82, 2.24) is 10.6 Å². The van der Waals surface area contributed by atoms with Gasteiger partial charge in [0.25, 0.3) is 0 Å².